The molecule has 8 nitrogen and oxygen atoms in total. The lowest BCUT2D eigenvalue weighted by atomic mass is 9.79. The number of carbonyl (C=O) groups excluding carboxylic acids is 2. The molecule has 1 saturated heterocycles. The summed E-state index contributed by atoms with van der Waals surface area (Å²) >= 11 is 0. The van der Waals surface area contributed by atoms with Gasteiger partial charge in [-0.15, -0.1) is 0 Å². The molecule has 0 radical (unpaired) electrons. The van der Waals surface area contributed by atoms with E-state index in [-0.39, 0.29) is 18.7 Å². The summed E-state index contributed by atoms with van der Waals surface area (Å²) in [7, 11) is 0. The SMILES string of the molecule is CCOC(=O)C1(COc2ccc3c(c2)CN(C(=O)OC(C)(C)C)CCC3)CCN(c2ccncc2)CC1. The van der Waals surface area contributed by atoms with E-state index in [0.29, 0.717) is 38.3 Å². The second-order valence-electron chi connectivity index (χ2n) is 10.9. The second kappa shape index (κ2) is 11.4. The first-order valence-electron chi connectivity index (χ1n) is 13.2. The minimum Gasteiger partial charge on any atom is -0.492 e. The number of carbonyl (C=O) groups is 2. The number of fused-ring (bicyclic) bond motifs is 1. The highest BCUT2D eigenvalue weighted by Gasteiger charge is 2.44. The Hall–Kier alpha value is -3.29. The molecule has 0 N–H and O–H groups in total. The van der Waals surface area contributed by atoms with E-state index in [1.54, 1.807) is 17.3 Å². The van der Waals surface area contributed by atoms with E-state index in [2.05, 4.69) is 16.0 Å². The van der Waals surface area contributed by atoms with E-state index >= 15 is 0 Å². The van der Waals surface area contributed by atoms with Crippen molar-refractivity contribution in [2.75, 3.05) is 37.7 Å². The normalized spacial score (nSPS) is 17.4. The maximum atomic E-state index is 13.1. The largest absolute Gasteiger partial charge is 0.492 e. The van der Waals surface area contributed by atoms with Crippen LogP contribution in [-0.2, 0) is 27.2 Å². The lowest BCUT2D eigenvalue weighted by molar-refractivity contribution is -0.159. The number of pyridine rings is 1. The first kappa shape index (κ1) is 26.8. The maximum Gasteiger partial charge on any atom is 0.410 e. The summed E-state index contributed by atoms with van der Waals surface area (Å²) in [6.45, 7) is 10.7. The zero-order valence-corrected chi connectivity index (χ0v) is 22.5. The Morgan fingerprint density at radius 3 is 2.43 bits per heavy atom. The van der Waals surface area contributed by atoms with Crippen LogP contribution in [0.15, 0.2) is 42.7 Å². The van der Waals surface area contributed by atoms with Crippen LogP contribution in [0.3, 0.4) is 0 Å². The summed E-state index contributed by atoms with van der Waals surface area (Å²) in [5, 5.41) is 0. The molecule has 0 aliphatic carbocycles. The summed E-state index contributed by atoms with van der Waals surface area (Å²) < 4.78 is 17.4. The van der Waals surface area contributed by atoms with Gasteiger partial charge in [0.2, 0.25) is 0 Å². The van der Waals surface area contributed by atoms with Crippen molar-refractivity contribution in [2.45, 2.75) is 65.5 Å². The molecule has 1 fully saturated rings. The Labute approximate surface area is 219 Å². The molecule has 4 rings (SSSR count). The van der Waals surface area contributed by atoms with Gasteiger partial charge in [-0.3, -0.25) is 9.78 Å². The summed E-state index contributed by atoms with van der Waals surface area (Å²) in [5.41, 5.74) is 2.14. The fourth-order valence-corrected chi connectivity index (χ4v) is 4.97. The van der Waals surface area contributed by atoms with E-state index < -0.39 is 11.0 Å². The number of anilines is 1. The number of aryl methyl sites for hydroxylation is 1. The molecule has 0 saturated carbocycles. The Bertz CT molecular complexity index is 1070. The van der Waals surface area contributed by atoms with E-state index in [9.17, 15) is 9.59 Å². The van der Waals surface area contributed by atoms with Crippen molar-refractivity contribution >= 4 is 17.7 Å². The topological polar surface area (TPSA) is 81.2 Å². The van der Waals surface area contributed by atoms with Gasteiger partial charge in [0.15, 0.2) is 0 Å². The minimum atomic E-state index is -0.700. The molecule has 2 aromatic rings. The highest BCUT2D eigenvalue weighted by molar-refractivity contribution is 5.77. The maximum absolute atomic E-state index is 13.1. The predicted octanol–water partition coefficient (Wildman–Crippen LogP) is 4.99. The molecule has 37 heavy (non-hydrogen) atoms. The molecule has 200 valence electrons. The standard InChI is InChI=1S/C29H39N3O5/c1-5-35-26(33)29(12-17-31(18-13-29)24-10-14-30-15-11-24)21-36-25-9-8-22-7-6-16-32(20-23(22)19-25)27(34)37-28(2,3)4/h8-11,14-15,19H,5-7,12-13,16-18,20-21H2,1-4H3. The summed E-state index contributed by atoms with van der Waals surface area (Å²) in [6, 6.07) is 10.0. The monoisotopic (exact) mass is 509 g/mol. The Morgan fingerprint density at radius 2 is 1.76 bits per heavy atom. The third-order valence-corrected chi connectivity index (χ3v) is 7.04. The van der Waals surface area contributed by atoms with Crippen LogP contribution in [0.25, 0.3) is 0 Å². The Morgan fingerprint density at radius 1 is 1.03 bits per heavy atom. The van der Waals surface area contributed by atoms with Crippen LogP contribution >= 0.6 is 0 Å². The van der Waals surface area contributed by atoms with Gasteiger partial charge in [0.25, 0.3) is 0 Å². The van der Waals surface area contributed by atoms with Crippen LogP contribution in [-0.4, -0.2) is 60.4 Å². The number of ether oxygens (including phenoxy) is 3. The summed E-state index contributed by atoms with van der Waals surface area (Å²) in [6.07, 6.45) is 6.34. The van der Waals surface area contributed by atoms with Gasteiger partial charge in [-0.1, -0.05) is 6.07 Å². The smallest absolute Gasteiger partial charge is 0.410 e. The van der Waals surface area contributed by atoms with Gasteiger partial charge >= 0.3 is 12.1 Å². The number of rotatable bonds is 6. The van der Waals surface area contributed by atoms with E-state index in [0.717, 1.165) is 37.2 Å². The van der Waals surface area contributed by atoms with Gasteiger partial charge in [0.1, 0.15) is 23.4 Å². The van der Waals surface area contributed by atoms with Crippen molar-refractivity contribution in [3.05, 3.63) is 53.9 Å². The Balaban J connectivity index is 1.45. The average Bonchev–Trinajstić information content (AvgIpc) is 3.10. The number of nitrogens with zero attached hydrogens (tertiary/aromatic N) is 3. The van der Waals surface area contributed by atoms with Crippen LogP contribution in [0.1, 0.15) is 58.1 Å². The lowest BCUT2D eigenvalue weighted by Gasteiger charge is -2.40. The van der Waals surface area contributed by atoms with Gasteiger partial charge in [-0.2, -0.15) is 0 Å². The molecule has 0 atom stereocenters. The molecule has 3 heterocycles. The number of esters is 1. The number of amides is 1. The molecule has 1 aromatic carbocycles. The predicted molar refractivity (Wildman–Crippen MR) is 142 cm³/mol. The highest BCUT2D eigenvalue weighted by atomic mass is 16.6. The van der Waals surface area contributed by atoms with Gasteiger partial charge in [0, 0.05) is 44.3 Å². The van der Waals surface area contributed by atoms with Crippen LogP contribution in [0.5, 0.6) is 5.75 Å². The molecular weight excluding hydrogens is 470 g/mol. The molecule has 0 unspecified atom stereocenters. The molecule has 1 amide bonds. The Kier molecular flexibility index (Phi) is 8.25. The first-order chi connectivity index (χ1) is 17.7. The van der Waals surface area contributed by atoms with Gasteiger partial charge < -0.3 is 24.0 Å². The van der Waals surface area contributed by atoms with Crippen molar-refractivity contribution < 1.29 is 23.8 Å². The molecular formula is C29H39N3O5. The van der Waals surface area contributed by atoms with Gasteiger partial charge in [0.05, 0.1) is 6.61 Å². The van der Waals surface area contributed by atoms with E-state index in [1.807, 2.05) is 52.0 Å². The van der Waals surface area contributed by atoms with Crippen LogP contribution in [0, 0.1) is 5.41 Å². The molecule has 8 heteroatoms. The number of benzene rings is 1. The molecule has 0 spiro atoms. The molecule has 1 aromatic heterocycles. The van der Waals surface area contributed by atoms with E-state index in [1.165, 1.54) is 5.56 Å². The average molecular weight is 510 g/mol. The van der Waals surface area contributed by atoms with Crippen LogP contribution in [0.4, 0.5) is 10.5 Å². The van der Waals surface area contributed by atoms with Gasteiger partial charge in [-0.05, 0) is 88.8 Å². The van der Waals surface area contributed by atoms with Crippen LogP contribution in [0.2, 0.25) is 0 Å². The van der Waals surface area contributed by atoms with Crippen LogP contribution < -0.4 is 9.64 Å². The van der Waals surface area contributed by atoms with Crippen molar-refractivity contribution in [1.82, 2.24) is 9.88 Å². The van der Waals surface area contributed by atoms with Crippen molar-refractivity contribution in [3.63, 3.8) is 0 Å². The number of aromatic nitrogens is 1. The third-order valence-electron chi connectivity index (χ3n) is 7.04. The zero-order valence-electron chi connectivity index (χ0n) is 22.5. The summed E-state index contributed by atoms with van der Waals surface area (Å²) in [4.78, 5) is 34.0. The quantitative estimate of drug-likeness (QED) is 0.507. The highest BCUT2D eigenvalue weighted by Crippen LogP contribution is 2.36. The molecule has 2 aliphatic rings. The van der Waals surface area contributed by atoms with Crippen molar-refractivity contribution in [2.24, 2.45) is 5.41 Å². The van der Waals surface area contributed by atoms with Gasteiger partial charge in [-0.25, -0.2) is 4.79 Å². The molecule has 0 bridgehead atoms. The summed E-state index contributed by atoms with van der Waals surface area (Å²) in [5.74, 6) is 0.500. The number of hydrogen-bond acceptors (Lipinski definition) is 7. The fourth-order valence-electron chi connectivity index (χ4n) is 4.97. The van der Waals surface area contributed by atoms with Crippen molar-refractivity contribution in [1.29, 1.82) is 0 Å². The number of hydrogen-bond donors (Lipinski definition) is 0. The van der Waals surface area contributed by atoms with Crippen molar-refractivity contribution in [3.8, 4) is 5.75 Å². The lowest BCUT2D eigenvalue weighted by Crippen LogP contribution is -2.48. The molecule has 2 aliphatic heterocycles. The fraction of sp³-hybridized carbons (Fsp3) is 0.552. The van der Waals surface area contributed by atoms with E-state index in [4.69, 9.17) is 14.2 Å². The number of piperidine rings is 1. The zero-order chi connectivity index (χ0) is 26.5. The first-order valence-corrected chi connectivity index (χ1v) is 13.2. The second-order valence-corrected chi connectivity index (χ2v) is 10.9. The third kappa shape index (κ3) is 6.73. The minimum absolute atomic E-state index is 0.199.